The van der Waals surface area contributed by atoms with Crippen LogP contribution in [0.1, 0.15) is 23.7 Å². The minimum absolute atomic E-state index is 0.135. The summed E-state index contributed by atoms with van der Waals surface area (Å²) in [5, 5.41) is 12.7. The first-order valence-corrected chi connectivity index (χ1v) is 7.75. The Labute approximate surface area is 144 Å². The van der Waals surface area contributed by atoms with Crippen molar-refractivity contribution >= 4 is 5.91 Å². The second-order valence-electron chi connectivity index (χ2n) is 5.55. The van der Waals surface area contributed by atoms with Crippen LogP contribution in [0.2, 0.25) is 0 Å². The van der Waals surface area contributed by atoms with Crippen LogP contribution in [-0.4, -0.2) is 25.5 Å². The number of halogens is 1. The molecule has 3 rings (SSSR count). The number of amides is 1. The summed E-state index contributed by atoms with van der Waals surface area (Å²) in [5.41, 5.74) is 1.21. The number of aliphatic hydroxyl groups is 1. The molecule has 1 aromatic carbocycles. The normalized spacial score (nSPS) is 11.9. The molecule has 7 heteroatoms. The first kappa shape index (κ1) is 16.8. The van der Waals surface area contributed by atoms with E-state index < -0.39 is 11.9 Å². The molecule has 1 atom stereocenters. The van der Waals surface area contributed by atoms with Crippen molar-refractivity contribution in [1.29, 1.82) is 0 Å². The molecule has 3 aromatic rings. The van der Waals surface area contributed by atoms with E-state index in [0.29, 0.717) is 12.1 Å². The van der Waals surface area contributed by atoms with Crippen molar-refractivity contribution in [2.45, 2.75) is 19.1 Å². The second-order valence-corrected chi connectivity index (χ2v) is 5.55. The molecule has 6 nitrogen and oxygen atoms in total. The van der Waals surface area contributed by atoms with Gasteiger partial charge >= 0.3 is 0 Å². The molecule has 0 aliphatic heterocycles. The number of hydrogen-bond acceptors (Lipinski definition) is 4. The molecule has 1 amide bonds. The van der Waals surface area contributed by atoms with Gasteiger partial charge in [-0.1, -0.05) is 18.2 Å². The van der Waals surface area contributed by atoms with E-state index in [-0.39, 0.29) is 12.3 Å². The Morgan fingerprint density at radius 1 is 1.32 bits per heavy atom. The number of aliphatic hydroxyl groups excluding tert-OH is 1. The third kappa shape index (κ3) is 4.48. The summed E-state index contributed by atoms with van der Waals surface area (Å²) < 4.78 is 14.9. The fourth-order valence-corrected chi connectivity index (χ4v) is 2.35. The van der Waals surface area contributed by atoms with E-state index in [2.05, 4.69) is 15.3 Å². The van der Waals surface area contributed by atoms with Gasteiger partial charge in [0.2, 0.25) is 5.91 Å². The molecule has 0 aliphatic rings. The van der Waals surface area contributed by atoms with E-state index in [1.165, 1.54) is 18.2 Å². The number of pyridine rings is 1. The number of rotatable bonds is 6. The highest BCUT2D eigenvalue weighted by atomic mass is 19.1. The number of imidazole rings is 1. The lowest BCUT2D eigenvalue weighted by Gasteiger charge is -2.11. The second kappa shape index (κ2) is 7.67. The Balaban J connectivity index is 1.52. The van der Waals surface area contributed by atoms with E-state index in [1.54, 1.807) is 35.6 Å². The molecule has 0 saturated carbocycles. The number of carbonyl (C=O) groups excluding carboxylic acids is 1. The Morgan fingerprint density at radius 3 is 2.88 bits per heavy atom. The summed E-state index contributed by atoms with van der Waals surface area (Å²) in [6.07, 6.45) is 5.59. The molecule has 0 bridgehead atoms. The summed E-state index contributed by atoms with van der Waals surface area (Å²) in [7, 11) is 0. The zero-order chi connectivity index (χ0) is 17.6. The maximum atomic E-state index is 13.1. The Morgan fingerprint density at radius 2 is 2.20 bits per heavy atom. The SMILES string of the molecule is O=C(CC(O)c1cccc(F)c1)NCc1ccc(-n2ccnc2)nc1. The average molecular weight is 340 g/mol. The lowest BCUT2D eigenvalue weighted by molar-refractivity contribution is -0.123. The van der Waals surface area contributed by atoms with E-state index >= 15 is 0 Å². The number of benzene rings is 1. The molecule has 25 heavy (non-hydrogen) atoms. The van der Waals surface area contributed by atoms with Gasteiger partial charge in [-0.2, -0.15) is 0 Å². The monoisotopic (exact) mass is 340 g/mol. The molecule has 0 spiro atoms. The van der Waals surface area contributed by atoms with Gasteiger partial charge in [0.15, 0.2) is 0 Å². The van der Waals surface area contributed by atoms with Crippen molar-refractivity contribution in [3.8, 4) is 5.82 Å². The van der Waals surface area contributed by atoms with Gasteiger partial charge in [-0.25, -0.2) is 14.4 Å². The predicted octanol–water partition coefficient (Wildman–Crippen LogP) is 2.15. The molecule has 0 saturated heterocycles. The van der Waals surface area contributed by atoms with Crippen LogP contribution >= 0.6 is 0 Å². The van der Waals surface area contributed by atoms with Gasteiger partial charge in [0.1, 0.15) is 18.0 Å². The summed E-state index contributed by atoms with van der Waals surface area (Å²) >= 11 is 0. The molecule has 0 aliphatic carbocycles. The summed E-state index contributed by atoms with van der Waals surface area (Å²) in [6, 6.07) is 9.27. The van der Waals surface area contributed by atoms with E-state index in [1.807, 2.05) is 12.1 Å². The van der Waals surface area contributed by atoms with Crippen molar-refractivity contribution in [2.24, 2.45) is 0 Å². The molecule has 0 radical (unpaired) electrons. The van der Waals surface area contributed by atoms with Gasteiger partial charge in [-0.3, -0.25) is 9.36 Å². The third-order valence-corrected chi connectivity index (χ3v) is 3.68. The number of hydrogen-bond donors (Lipinski definition) is 2. The maximum Gasteiger partial charge on any atom is 0.223 e. The van der Waals surface area contributed by atoms with Crippen LogP contribution in [0.4, 0.5) is 4.39 Å². The number of carbonyl (C=O) groups is 1. The number of nitrogens with one attached hydrogen (secondary N) is 1. The molecule has 2 aromatic heterocycles. The fourth-order valence-electron chi connectivity index (χ4n) is 2.35. The maximum absolute atomic E-state index is 13.1. The third-order valence-electron chi connectivity index (χ3n) is 3.68. The van der Waals surface area contributed by atoms with Gasteiger partial charge < -0.3 is 10.4 Å². The Hall–Kier alpha value is -3.06. The molecule has 0 fully saturated rings. The lowest BCUT2D eigenvalue weighted by atomic mass is 10.1. The van der Waals surface area contributed by atoms with E-state index in [4.69, 9.17) is 0 Å². The summed E-state index contributed by atoms with van der Waals surface area (Å²) in [6.45, 7) is 0.298. The minimum atomic E-state index is -1.04. The molecule has 2 N–H and O–H groups in total. The summed E-state index contributed by atoms with van der Waals surface area (Å²) in [4.78, 5) is 20.2. The first-order valence-electron chi connectivity index (χ1n) is 7.75. The van der Waals surface area contributed by atoms with Gasteiger partial charge in [0.25, 0.3) is 0 Å². The number of aromatic nitrogens is 3. The van der Waals surface area contributed by atoms with E-state index in [0.717, 1.165) is 11.4 Å². The zero-order valence-corrected chi connectivity index (χ0v) is 13.3. The standard InChI is InChI=1S/C18H17FN4O2/c19-15-3-1-2-14(8-15)16(24)9-18(25)22-11-13-4-5-17(21-10-13)23-7-6-20-12-23/h1-8,10,12,16,24H,9,11H2,(H,22,25). The largest absolute Gasteiger partial charge is 0.388 e. The molecular weight excluding hydrogens is 323 g/mol. The summed E-state index contributed by atoms with van der Waals surface area (Å²) in [5.74, 6) is -0.0365. The van der Waals surface area contributed by atoms with Crippen LogP contribution in [0.25, 0.3) is 5.82 Å². The van der Waals surface area contributed by atoms with Crippen molar-refractivity contribution in [3.63, 3.8) is 0 Å². The highest BCUT2D eigenvalue weighted by Crippen LogP contribution is 2.17. The zero-order valence-electron chi connectivity index (χ0n) is 13.3. The smallest absolute Gasteiger partial charge is 0.223 e. The lowest BCUT2D eigenvalue weighted by Crippen LogP contribution is -2.24. The number of nitrogens with zero attached hydrogens (tertiary/aromatic N) is 3. The van der Waals surface area contributed by atoms with Crippen LogP contribution in [0.15, 0.2) is 61.3 Å². The molecule has 2 heterocycles. The Kier molecular flexibility index (Phi) is 5.15. The van der Waals surface area contributed by atoms with Crippen LogP contribution in [-0.2, 0) is 11.3 Å². The predicted molar refractivity (Wildman–Crippen MR) is 89.2 cm³/mol. The first-order chi connectivity index (χ1) is 12.1. The highest BCUT2D eigenvalue weighted by Gasteiger charge is 2.13. The molecular formula is C18H17FN4O2. The Bertz CT molecular complexity index is 835. The van der Waals surface area contributed by atoms with Crippen molar-refractivity contribution in [2.75, 3.05) is 0 Å². The van der Waals surface area contributed by atoms with Gasteiger partial charge in [-0.05, 0) is 29.3 Å². The van der Waals surface area contributed by atoms with Crippen molar-refractivity contribution in [1.82, 2.24) is 19.9 Å². The van der Waals surface area contributed by atoms with Crippen LogP contribution < -0.4 is 5.32 Å². The highest BCUT2D eigenvalue weighted by molar-refractivity contribution is 5.76. The quantitative estimate of drug-likeness (QED) is 0.720. The van der Waals surface area contributed by atoms with Gasteiger partial charge in [-0.15, -0.1) is 0 Å². The van der Waals surface area contributed by atoms with Crippen molar-refractivity contribution < 1.29 is 14.3 Å². The van der Waals surface area contributed by atoms with E-state index in [9.17, 15) is 14.3 Å². The molecule has 1 unspecified atom stereocenters. The topological polar surface area (TPSA) is 80.0 Å². The van der Waals surface area contributed by atoms with Crippen LogP contribution in [0.3, 0.4) is 0 Å². The average Bonchev–Trinajstić information content (AvgIpc) is 3.15. The molecule has 128 valence electrons. The van der Waals surface area contributed by atoms with Gasteiger partial charge in [0, 0.05) is 25.1 Å². The fraction of sp³-hybridized carbons (Fsp3) is 0.167. The van der Waals surface area contributed by atoms with Gasteiger partial charge in [0.05, 0.1) is 12.5 Å². The minimum Gasteiger partial charge on any atom is -0.388 e. The van der Waals surface area contributed by atoms with Crippen molar-refractivity contribution in [3.05, 3.63) is 78.3 Å². The van der Waals surface area contributed by atoms with Crippen LogP contribution in [0, 0.1) is 5.82 Å². The van der Waals surface area contributed by atoms with Crippen LogP contribution in [0.5, 0.6) is 0 Å².